The maximum Gasteiger partial charge on any atom is 0.130 e. The fourth-order valence-electron chi connectivity index (χ4n) is 1.54. The standard InChI is InChI=1S/C15H20N2O2/c1-15(2,3)16-8-12-4-6-14(7-5-12)18-10-13-9-17-19-11-13/h4-7,9,11,16H,8,10H2,1-3H3. The molecule has 0 bridgehead atoms. The third-order valence-corrected chi connectivity index (χ3v) is 2.64. The Balaban J connectivity index is 1.84. The first-order valence-corrected chi connectivity index (χ1v) is 6.38. The molecule has 0 unspecified atom stereocenters. The lowest BCUT2D eigenvalue weighted by molar-refractivity contribution is 0.304. The molecule has 0 aliphatic carbocycles. The summed E-state index contributed by atoms with van der Waals surface area (Å²) in [6, 6.07) is 8.10. The average molecular weight is 260 g/mol. The van der Waals surface area contributed by atoms with Gasteiger partial charge in [-0.05, 0) is 38.5 Å². The van der Waals surface area contributed by atoms with Crippen molar-refractivity contribution in [1.29, 1.82) is 0 Å². The first-order valence-electron chi connectivity index (χ1n) is 6.38. The number of aromatic nitrogens is 1. The molecule has 4 heteroatoms. The molecular weight excluding hydrogens is 240 g/mol. The van der Waals surface area contributed by atoms with E-state index in [2.05, 4.69) is 43.4 Å². The topological polar surface area (TPSA) is 47.3 Å². The molecule has 0 atom stereocenters. The van der Waals surface area contributed by atoms with Crippen LogP contribution in [0, 0.1) is 0 Å². The van der Waals surface area contributed by atoms with Gasteiger partial charge in [-0.25, -0.2) is 0 Å². The molecule has 1 heterocycles. The van der Waals surface area contributed by atoms with Gasteiger partial charge >= 0.3 is 0 Å². The molecule has 0 spiro atoms. The lowest BCUT2D eigenvalue weighted by atomic mass is 10.1. The number of nitrogens with one attached hydrogen (secondary N) is 1. The highest BCUT2D eigenvalue weighted by molar-refractivity contribution is 5.27. The van der Waals surface area contributed by atoms with Crippen molar-refractivity contribution in [3.8, 4) is 5.75 Å². The Morgan fingerprint density at radius 3 is 2.47 bits per heavy atom. The number of nitrogens with zero attached hydrogens (tertiary/aromatic N) is 1. The summed E-state index contributed by atoms with van der Waals surface area (Å²) in [5, 5.41) is 7.08. The van der Waals surface area contributed by atoms with Gasteiger partial charge in [-0.15, -0.1) is 0 Å². The van der Waals surface area contributed by atoms with Crippen molar-refractivity contribution in [2.75, 3.05) is 0 Å². The van der Waals surface area contributed by atoms with Crippen molar-refractivity contribution in [3.63, 3.8) is 0 Å². The van der Waals surface area contributed by atoms with Gasteiger partial charge < -0.3 is 14.6 Å². The van der Waals surface area contributed by atoms with Crippen molar-refractivity contribution < 1.29 is 9.26 Å². The molecule has 0 saturated carbocycles. The van der Waals surface area contributed by atoms with Crippen LogP contribution in [0.1, 0.15) is 31.9 Å². The molecule has 102 valence electrons. The molecule has 1 aromatic carbocycles. The summed E-state index contributed by atoms with van der Waals surface area (Å²) in [5.41, 5.74) is 2.30. The van der Waals surface area contributed by atoms with Crippen molar-refractivity contribution in [3.05, 3.63) is 47.9 Å². The van der Waals surface area contributed by atoms with E-state index >= 15 is 0 Å². The second-order valence-electron chi connectivity index (χ2n) is 5.57. The minimum Gasteiger partial charge on any atom is -0.489 e. The first-order chi connectivity index (χ1) is 9.03. The molecule has 0 radical (unpaired) electrons. The van der Waals surface area contributed by atoms with Crippen molar-refractivity contribution >= 4 is 0 Å². The summed E-state index contributed by atoms with van der Waals surface area (Å²) in [4.78, 5) is 0. The summed E-state index contributed by atoms with van der Waals surface area (Å²) in [7, 11) is 0. The molecule has 0 aliphatic heterocycles. The van der Waals surface area contributed by atoms with Gasteiger partial charge in [0.15, 0.2) is 0 Å². The van der Waals surface area contributed by atoms with Crippen LogP contribution < -0.4 is 10.1 Å². The highest BCUT2D eigenvalue weighted by atomic mass is 16.5. The molecule has 0 amide bonds. The number of rotatable bonds is 5. The second kappa shape index (κ2) is 5.89. The number of hydrogen-bond donors (Lipinski definition) is 1. The predicted molar refractivity (Wildman–Crippen MR) is 73.9 cm³/mol. The van der Waals surface area contributed by atoms with Crippen LogP contribution in [-0.2, 0) is 13.2 Å². The van der Waals surface area contributed by atoms with Crippen LogP contribution in [0.25, 0.3) is 0 Å². The van der Waals surface area contributed by atoms with Gasteiger partial charge in [0.25, 0.3) is 0 Å². The third kappa shape index (κ3) is 4.75. The zero-order chi connectivity index (χ0) is 13.7. The normalized spacial score (nSPS) is 11.5. The van der Waals surface area contributed by atoms with Crippen molar-refractivity contribution in [2.24, 2.45) is 0 Å². The minimum absolute atomic E-state index is 0.128. The average Bonchev–Trinajstić information content (AvgIpc) is 2.87. The molecular formula is C15H20N2O2. The summed E-state index contributed by atoms with van der Waals surface area (Å²) < 4.78 is 10.4. The molecule has 2 rings (SSSR count). The van der Waals surface area contributed by atoms with Crippen LogP contribution in [0.5, 0.6) is 5.75 Å². The van der Waals surface area contributed by atoms with Crippen LogP contribution in [0.15, 0.2) is 41.2 Å². The van der Waals surface area contributed by atoms with Gasteiger partial charge in [0.05, 0.1) is 6.20 Å². The summed E-state index contributed by atoms with van der Waals surface area (Å²) in [6.45, 7) is 7.80. The number of ether oxygens (including phenoxy) is 1. The second-order valence-corrected chi connectivity index (χ2v) is 5.57. The van der Waals surface area contributed by atoms with Gasteiger partial charge in [0.2, 0.25) is 0 Å². The Kier molecular flexibility index (Phi) is 4.22. The molecule has 19 heavy (non-hydrogen) atoms. The van der Waals surface area contributed by atoms with Crippen molar-refractivity contribution in [2.45, 2.75) is 39.5 Å². The molecule has 2 aromatic rings. The van der Waals surface area contributed by atoms with Crippen LogP contribution in [0.2, 0.25) is 0 Å². The Labute approximate surface area is 113 Å². The van der Waals surface area contributed by atoms with E-state index in [0.29, 0.717) is 6.61 Å². The van der Waals surface area contributed by atoms with E-state index in [1.54, 1.807) is 12.5 Å². The lowest BCUT2D eigenvalue weighted by Crippen LogP contribution is -2.34. The Hall–Kier alpha value is -1.81. The molecule has 1 N–H and O–H groups in total. The smallest absolute Gasteiger partial charge is 0.130 e. The van der Waals surface area contributed by atoms with Crippen LogP contribution in [0.4, 0.5) is 0 Å². The van der Waals surface area contributed by atoms with Crippen LogP contribution in [-0.4, -0.2) is 10.7 Å². The van der Waals surface area contributed by atoms with Gasteiger partial charge in [0.1, 0.15) is 18.6 Å². The lowest BCUT2D eigenvalue weighted by Gasteiger charge is -2.20. The Morgan fingerprint density at radius 2 is 1.89 bits per heavy atom. The zero-order valence-electron chi connectivity index (χ0n) is 11.6. The van der Waals surface area contributed by atoms with Crippen LogP contribution in [0.3, 0.4) is 0 Å². The third-order valence-electron chi connectivity index (χ3n) is 2.64. The first kappa shape index (κ1) is 13.6. The highest BCUT2D eigenvalue weighted by Crippen LogP contribution is 2.14. The molecule has 1 aromatic heterocycles. The van der Waals surface area contributed by atoms with E-state index in [-0.39, 0.29) is 5.54 Å². The molecule has 0 aliphatic rings. The van der Waals surface area contributed by atoms with Gasteiger partial charge in [-0.1, -0.05) is 17.3 Å². The maximum absolute atomic E-state index is 5.63. The SMILES string of the molecule is CC(C)(C)NCc1ccc(OCc2cnoc2)cc1. The maximum atomic E-state index is 5.63. The highest BCUT2D eigenvalue weighted by Gasteiger charge is 2.08. The van der Waals surface area contributed by atoms with E-state index in [1.165, 1.54) is 5.56 Å². The fraction of sp³-hybridized carbons (Fsp3) is 0.400. The molecule has 0 saturated heterocycles. The summed E-state index contributed by atoms with van der Waals surface area (Å²) in [6.07, 6.45) is 3.24. The molecule has 0 fully saturated rings. The van der Waals surface area contributed by atoms with Gasteiger partial charge in [-0.2, -0.15) is 0 Å². The van der Waals surface area contributed by atoms with Gasteiger partial charge in [0, 0.05) is 17.6 Å². The monoisotopic (exact) mass is 260 g/mol. The van der Waals surface area contributed by atoms with Gasteiger partial charge in [-0.3, -0.25) is 0 Å². The summed E-state index contributed by atoms with van der Waals surface area (Å²) in [5.74, 6) is 0.848. The predicted octanol–water partition coefficient (Wildman–Crippen LogP) is 3.14. The number of benzene rings is 1. The largest absolute Gasteiger partial charge is 0.489 e. The Bertz CT molecular complexity index is 484. The minimum atomic E-state index is 0.128. The summed E-state index contributed by atoms with van der Waals surface area (Å²) >= 11 is 0. The quantitative estimate of drug-likeness (QED) is 0.897. The Morgan fingerprint density at radius 1 is 1.16 bits per heavy atom. The van der Waals surface area contributed by atoms with E-state index in [0.717, 1.165) is 17.9 Å². The van der Waals surface area contributed by atoms with E-state index in [9.17, 15) is 0 Å². The van der Waals surface area contributed by atoms with Crippen molar-refractivity contribution in [1.82, 2.24) is 10.5 Å². The fourth-order valence-corrected chi connectivity index (χ4v) is 1.54. The van der Waals surface area contributed by atoms with E-state index in [4.69, 9.17) is 9.26 Å². The zero-order valence-corrected chi connectivity index (χ0v) is 11.6. The molecule has 4 nitrogen and oxygen atoms in total. The van der Waals surface area contributed by atoms with Crippen LogP contribution >= 0.6 is 0 Å². The number of hydrogen-bond acceptors (Lipinski definition) is 4. The van der Waals surface area contributed by atoms with E-state index < -0.39 is 0 Å². The van der Waals surface area contributed by atoms with E-state index in [1.807, 2.05) is 12.1 Å².